The Labute approximate surface area is 165 Å². The van der Waals surface area contributed by atoms with Crippen LogP contribution in [0.3, 0.4) is 0 Å². The van der Waals surface area contributed by atoms with E-state index in [0.717, 1.165) is 18.1 Å². The van der Waals surface area contributed by atoms with Gasteiger partial charge in [-0.3, -0.25) is 10.4 Å². The van der Waals surface area contributed by atoms with Crippen molar-refractivity contribution in [1.29, 1.82) is 5.41 Å². The molecule has 0 atom stereocenters. The van der Waals surface area contributed by atoms with Crippen molar-refractivity contribution in [3.05, 3.63) is 21.4 Å². The minimum absolute atomic E-state index is 0. The van der Waals surface area contributed by atoms with Crippen molar-refractivity contribution in [2.45, 2.75) is 19.2 Å². The van der Waals surface area contributed by atoms with Crippen molar-refractivity contribution in [1.82, 2.24) is 4.90 Å². The maximum Gasteiger partial charge on any atom is 0.161 e. The van der Waals surface area contributed by atoms with Gasteiger partial charge in [0.2, 0.25) is 0 Å². The van der Waals surface area contributed by atoms with Gasteiger partial charge in [0.1, 0.15) is 0 Å². The minimum Gasteiger partial charge on any atom is -0.381 e. The Bertz CT molecular complexity index is 492. The van der Waals surface area contributed by atoms with Gasteiger partial charge in [0.25, 0.3) is 0 Å². The highest BCUT2D eigenvalue weighted by atomic mass is 35.5. The summed E-state index contributed by atoms with van der Waals surface area (Å²) in [6.07, 6.45) is 0. The Morgan fingerprint density at radius 3 is 2.43 bits per heavy atom. The normalized spacial score (nSPS) is 10.5. The number of hydrogen-bond acceptors (Lipinski definition) is 5. The molecule has 1 aromatic heterocycles. The molecule has 0 bridgehead atoms. The molecule has 0 aliphatic carbocycles. The first-order valence-corrected chi connectivity index (χ1v) is 8.32. The topological polar surface area (TPSA) is 91.5 Å². The fourth-order valence-corrected chi connectivity index (χ4v) is 3.82. The summed E-state index contributed by atoms with van der Waals surface area (Å²) in [6.45, 7) is 3.77. The predicted octanol–water partition coefficient (Wildman–Crippen LogP) is 2.91. The molecule has 0 saturated heterocycles. The Morgan fingerprint density at radius 1 is 1.30 bits per heavy atom. The Kier molecular flexibility index (Phi) is 17.1. The van der Waals surface area contributed by atoms with Crippen LogP contribution in [0.4, 0.5) is 0 Å². The largest absolute Gasteiger partial charge is 0.381 e. The van der Waals surface area contributed by atoms with E-state index in [-0.39, 0.29) is 48.9 Å². The first-order chi connectivity index (χ1) is 9.40. The van der Waals surface area contributed by atoms with Gasteiger partial charge in [0.15, 0.2) is 11.7 Å². The SMILES string of the molecule is Cc1cc(CSCCN=C(N)C(=N)N)sc1CN(C)C.Cl.Cl.Cl. The molecule has 0 aliphatic rings. The lowest BCUT2D eigenvalue weighted by molar-refractivity contribution is 0.405. The van der Waals surface area contributed by atoms with E-state index < -0.39 is 0 Å². The second-order valence-corrected chi connectivity index (χ2v) is 7.12. The quantitative estimate of drug-likeness (QED) is 0.358. The Morgan fingerprint density at radius 2 is 1.91 bits per heavy atom. The average Bonchev–Trinajstić information content (AvgIpc) is 2.68. The van der Waals surface area contributed by atoms with Crippen LogP contribution < -0.4 is 11.5 Å². The third-order valence-electron chi connectivity index (χ3n) is 2.57. The lowest BCUT2D eigenvalue weighted by atomic mass is 10.2. The molecule has 0 spiro atoms. The van der Waals surface area contributed by atoms with Gasteiger partial charge < -0.3 is 16.4 Å². The molecule has 5 nitrogen and oxygen atoms in total. The van der Waals surface area contributed by atoms with Crippen molar-refractivity contribution in [3.63, 3.8) is 0 Å². The molecular weight excluding hydrogens is 397 g/mol. The second-order valence-electron chi connectivity index (χ2n) is 4.79. The fraction of sp³-hybridized carbons (Fsp3) is 0.538. The third kappa shape index (κ3) is 11.1. The van der Waals surface area contributed by atoms with E-state index in [0.29, 0.717) is 6.54 Å². The molecule has 136 valence electrons. The Hall–Kier alpha value is -0.180. The van der Waals surface area contributed by atoms with Gasteiger partial charge in [-0.2, -0.15) is 11.8 Å². The average molecular weight is 423 g/mol. The van der Waals surface area contributed by atoms with Crippen LogP contribution >= 0.6 is 60.3 Å². The van der Waals surface area contributed by atoms with Crippen LogP contribution in [0, 0.1) is 12.3 Å². The van der Waals surface area contributed by atoms with E-state index in [1.54, 1.807) is 0 Å². The molecule has 1 aromatic rings. The molecule has 0 aliphatic heterocycles. The lowest BCUT2D eigenvalue weighted by Crippen LogP contribution is -2.30. The maximum atomic E-state index is 7.11. The first-order valence-electron chi connectivity index (χ1n) is 6.35. The van der Waals surface area contributed by atoms with Crippen LogP contribution in [0.2, 0.25) is 0 Å². The van der Waals surface area contributed by atoms with Crippen molar-refractivity contribution >= 4 is 72.0 Å². The number of hydrogen-bond donors (Lipinski definition) is 3. The lowest BCUT2D eigenvalue weighted by Gasteiger charge is -2.07. The van der Waals surface area contributed by atoms with E-state index in [2.05, 4.69) is 37.0 Å². The second kappa shape index (κ2) is 14.2. The third-order valence-corrected chi connectivity index (χ3v) is 4.96. The summed E-state index contributed by atoms with van der Waals surface area (Å²) in [6, 6.07) is 2.27. The summed E-state index contributed by atoms with van der Waals surface area (Å²) in [7, 11) is 4.18. The molecule has 23 heavy (non-hydrogen) atoms. The molecule has 1 rings (SSSR count). The monoisotopic (exact) mass is 421 g/mol. The fourth-order valence-electron chi connectivity index (χ4n) is 1.59. The van der Waals surface area contributed by atoms with E-state index in [1.165, 1.54) is 15.3 Å². The molecule has 0 radical (unpaired) electrons. The van der Waals surface area contributed by atoms with E-state index >= 15 is 0 Å². The zero-order valence-corrected chi connectivity index (χ0v) is 17.6. The van der Waals surface area contributed by atoms with Gasteiger partial charge in [-0.1, -0.05) is 0 Å². The van der Waals surface area contributed by atoms with Crippen molar-refractivity contribution in [3.8, 4) is 0 Å². The van der Waals surface area contributed by atoms with Crippen LogP contribution in [-0.2, 0) is 12.3 Å². The van der Waals surface area contributed by atoms with Gasteiger partial charge in [-0.15, -0.1) is 48.6 Å². The number of aryl methyl sites for hydroxylation is 1. The molecule has 0 aromatic carbocycles. The molecule has 0 fully saturated rings. The van der Waals surface area contributed by atoms with Crippen LogP contribution in [0.15, 0.2) is 11.1 Å². The first kappa shape index (κ1) is 27.7. The smallest absolute Gasteiger partial charge is 0.161 e. The summed E-state index contributed by atoms with van der Waals surface area (Å²) < 4.78 is 0. The van der Waals surface area contributed by atoms with Crippen molar-refractivity contribution < 1.29 is 0 Å². The number of amidine groups is 2. The standard InChI is InChI=1S/C13H23N5S2.3ClH/c1-9-6-10(20-11(9)7-18(2)3)8-19-5-4-17-13(16)12(14)15;;;/h6H,4-5,7-8H2,1-3H3,(H3,14,15)(H2,16,17);3*1H. The van der Waals surface area contributed by atoms with Crippen LogP contribution in [-0.4, -0.2) is 43.0 Å². The van der Waals surface area contributed by atoms with E-state index in [4.69, 9.17) is 16.9 Å². The highest BCUT2D eigenvalue weighted by Crippen LogP contribution is 2.26. The number of nitrogens with zero attached hydrogens (tertiary/aromatic N) is 2. The van der Waals surface area contributed by atoms with E-state index in [1.807, 2.05) is 23.1 Å². The maximum absolute atomic E-state index is 7.11. The van der Waals surface area contributed by atoms with E-state index in [9.17, 15) is 0 Å². The number of thioether (sulfide) groups is 1. The zero-order valence-electron chi connectivity index (χ0n) is 13.5. The summed E-state index contributed by atoms with van der Waals surface area (Å²) in [5.74, 6) is 1.85. The van der Waals surface area contributed by atoms with Crippen LogP contribution in [0.5, 0.6) is 0 Å². The molecule has 10 heteroatoms. The highest BCUT2D eigenvalue weighted by molar-refractivity contribution is 7.98. The van der Waals surface area contributed by atoms with Gasteiger partial charge in [0.05, 0.1) is 6.54 Å². The molecule has 0 saturated carbocycles. The molecule has 1 heterocycles. The Balaban J connectivity index is -0.00000133. The zero-order chi connectivity index (χ0) is 15.1. The molecule has 0 amide bonds. The summed E-state index contributed by atoms with van der Waals surface area (Å²) in [4.78, 5) is 9.06. The highest BCUT2D eigenvalue weighted by Gasteiger charge is 2.06. The molecule has 0 unspecified atom stereocenters. The van der Waals surface area contributed by atoms with Gasteiger partial charge >= 0.3 is 0 Å². The minimum atomic E-state index is -0.155. The predicted molar refractivity (Wildman–Crippen MR) is 113 cm³/mol. The number of nitrogens with two attached hydrogens (primary N) is 2. The summed E-state index contributed by atoms with van der Waals surface area (Å²) in [5.41, 5.74) is 12.1. The summed E-state index contributed by atoms with van der Waals surface area (Å²) in [5, 5.41) is 7.11. The molecular formula is C13H26Cl3N5S2. The number of halogens is 3. The van der Waals surface area contributed by atoms with Gasteiger partial charge in [-0.25, -0.2) is 0 Å². The number of thiophene rings is 1. The number of aliphatic imine (C=N–C) groups is 1. The van der Waals surface area contributed by atoms with Crippen molar-refractivity contribution in [2.75, 3.05) is 26.4 Å². The van der Waals surface area contributed by atoms with Crippen LogP contribution in [0.1, 0.15) is 15.3 Å². The number of rotatable bonds is 7. The van der Waals surface area contributed by atoms with Gasteiger partial charge in [-0.05, 0) is 32.6 Å². The molecule has 5 N–H and O–H groups in total. The number of nitrogens with one attached hydrogen (secondary N) is 1. The van der Waals surface area contributed by atoms with Crippen LogP contribution in [0.25, 0.3) is 0 Å². The summed E-state index contributed by atoms with van der Waals surface area (Å²) >= 11 is 3.70. The van der Waals surface area contributed by atoms with Gasteiger partial charge in [0, 0.05) is 27.8 Å². The van der Waals surface area contributed by atoms with Crippen molar-refractivity contribution in [2.24, 2.45) is 16.5 Å².